The molecule has 1 saturated heterocycles. The van der Waals surface area contributed by atoms with Crippen molar-refractivity contribution in [2.75, 3.05) is 19.7 Å². The second-order valence-electron chi connectivity index (χ2n) is 7.11. The van der Waals surface area contributed by atoms with Crippen LogP contribution in [0.4, 0.5) is 0 Å². The number of rotatable bonds is 10. The van der Waals surface area contributed by atoms with Gasteiger partial charge in [0.25, 0.3) is 0 Å². The molecule has 0 bridgehead atoms. The molecule has 114 valence electrons. The molecule has 2 atom stereocenters. The molecule has 0 aliphatic carbocycles. The summed E-state index contributed by atoms with van der Waals surface area (Å²) < 4.78 is 5.72. The number of nitrogens with one attached hydrogen (secondary N) is 1. The van der Waals surface area contributed by atoms with Crippen LogP contribution in [0.15, 0.2) is 0 Å². The third kappa shape index (κ3) is 7.31. The van der Waals surface area contributed by atoms with E-state index in [0.29, 0.717) is 11.5 Å². The molecule has 0 radical (unpaired) electrons. The molecular formula is C17H35NO. The smallest absolute Gasteiger partial charge is 0.0576 e. The predicted molar refractivity (Wildman–Crippen MR) is 83.5 cm³/mol. The molecule has 0 aromatic heterocycles. The van der Waals surface area contributed by atoms with Gasteiger partial charge in [-0.3, -0.25) is 0 Å². The van der Waals surface area contributed by atoms with Crippen molar-refractivity contribution < 1.29 is 4.74 Å². The van der Waals surface area contributed by atoms with Crippen LogP contribution < -0.4 is 5.32 Å². The van der Waals surface area contributed by atoms with Crippen molar-refractivity contribution in [3.63, 3.8) is 0 Å². The van der Waals surface area contributed by atoms with Crippen LogP contribution in [0.1, 0.15) is 72.6 Å². The van der Waals surface area contributed by atoms with Crippen molar-refractivity contribution in [2.45, 2.75) is 78.7 Å². The summed E-state index contributed by atoms with van der Waals surface area (Å²) >= 11 is 0. The van der Waals surface area contributed by atoms with E-state index < -0.39 is 0 Å². The standard InChI is InChI=1S/C17H35NO/c1-5-10-17(4,14-18-13-15(2)3)11-6-8-16-9-7-12-19-16/h15-16,18H,5-14H2,1-4H3. The van der Waals surface area contributed by atoms with Crippen LogP contribution in [-0.2, 0) is 4.74 Å². The minimum absolute atomic E-state index is 0.474. The van der Waals surface area contributed by atoms with Gasteiger partial charge in [-0.25, -0.2) is 0 Å². The molecule has 0 aromatic carbocycles. The highest BCUT2D eigenvalue weighted by Gasteiger charge is 2.24. The first-order valence-electron chi connectivity index (χ1n) is 8.38. The molecule has 1 aliphatic heterocycles. The second kappa shape index (κ2) is 8.97. The van der Waals surface area contributed by atoms with Gasteiger partial charge < -0.3 is 10.1 Å². The predicted octanol–water partition coefficient (Wildman–Crippen LogP) is 4.39. The Balaban J connectivity index is 2.23. The molecule has 2 nitrogen and oxygen atoms in total. The van der Waals surface area contributed by atoms with Crippen molar-refractivity contribution >= 4 is 0 Å². The van der Waals surface area contributed by atoms with E-state index >= 15 is 0 Å². The van der Waals surface area contributed by atoms with Crippen LogP contribution in [-0.4, -0.2) is 25.8 Å². The van der Waals surface area contributed by atoms with Crippen LogP contribution in [0.25, 0.3) is 0 Å². The SMILES string of the molecule is CCCC(C)(CCCC1CCCO1)CNCC(C)C. The van der Waals surface area contributed by atoms with Crippen molar-refractivity contribution in [1.29, 1.82) is 0 Å². The molecular weight excluding hydrogens is 234 g/mol. The number of ether oxygens (including phenoxy) is 1. The molecule has 1 rings (SSSR count). The zero-order chi connectivity index (χ0) is 14.1. The Morgan fingerprint density at radius 1 is 1.32 bits per heavy atom. The first kappa shape index (κ1) is 17.0. The molecule has 19 heavy (non-hydrogen) atoms. The number of hydrogen-bond acceptors (Lipinski definition) is 2. The highest BCUT2D eigenvalue weighted by Crippen LogP contribution is 2.30. The van der Waals surface area contributed by atoms with Gasteiger partial charge in [-0.1, -0.05) is 40.5 Å². The van der Waals surface area contributed by atoms with Gasteiger partial charge in [-0.05, 0) is 50.0 Å². The van der Waals surface area contributed by atoms with Crippen LogP contribution in [0, 0.1) is 11.3 Å². The average molecular weight is 269 g/mol. The topological polar surface area (TPSA) is 21.3 Å². The van der Waals surface area contributed by atoms with Crippen molar-refractivity contribution in [1.82, 2.24) is 5.32 Å². The van der Waals surface area contributed by atoms with E-state index in [1.165, 1.54) is 51.5 Å². The fraction of sp³-hybridized carbons (Fsp3) is 1.00. The Hall–Kier alpha value is -0.0800. The largest absolute Gasteiger partial charge is 0.378 e. The van der Waals surface area contributed by atoms with Crippen molar-refractivity contribution in [2.24, 2.45) is 11.3 Å². The van der Waals surface area contributed by atoms with Gasteiger partial charge in [-0.15, -0.1) is 0 Å². The van der Waals surface area contributed by atoms with E-state index in [9.17, 15) is 0 Å². The Kier molecular flexibility index (Phi) is 8.01. The lowest BCUT2D eigenvalue weighted by Crippen LogP contribution is -2.34. The molecule has 1 heterocycles. The Morgan fingerprint density at radius 3 is 2.68 bits per heavy atom. The molecule has 1 N–H and O–H groups in total. The lowest BCUT2D eigenvalue weighted by molar-refractivity contribution is 0.0972. The number of hydrogen-bond donors (Lipinski definition) is 1. The van der Waals surface area contributed by atoms with E-state index in [1.54, 1.807) is 0 Å². The zero-order valence-corrected chi connectivity index (χ0v) is 13.6. The fourth-order valence-corrected chi connectivity index (χ4v) is 3.20. The van der Waals surface area contributed by atoms with Gasteiger partial charge in [-0.2, -0.15) is 0 Å². The normalized spacial score (nSPS) is 22.9. The zero-order valence-electron chi connectivity index (χ0n) is 13.6. The van der Waals surface area contributed by atoms with Crippen LogP contribution in [0.5, 0.6) is 0 Å². The van der Waals surface area contributed by atoms with Gasteiger partial charge in [0.2, 0.25) is 0 Å². The third-order valence-corrected chi connectivity index (χ3v) is 4.29. The summed E-state index contributed by atoms with van der Waals surface area (Å²) in [6, 6.07) is 0. The lowest BCUT2D eigenvalue weighted by atomic mass is 9.80. The van der Waals surface area contributed by atoms with Gasteiger partial charge in [0.05, 0.1) is 6.10 Å². The van der Waals surface area contributed by atoms with Crippen molar-refractivity contribution in [3.05, 3.63) is 0 Å². The lowest BCUT2D eigenvalue weighted by Gasteiger charge is -2.30. The first-order valence-corrected chi connectivity index (χ1v) is 8.38. The quantitative estimate of drug-likeness (QED) is 0.635. The summed E-state index contributed by atoms with van der Waals surface area (Å²) in [5.74, 6) is 0.748. The van der Waals surface area contributed by atoms with E-state index in [2.05, 4.69) is 33.0 Å². The maximum Gasteiger partial charge on any atom is 0.0576 e. The Bertz CT molecular complexity index is 223. The van der Waals surface area contributed by atoms with Gasteiger partial charge in [0.1, 0.15) is 0 Å². The third-order valence-electron chi connectivity index (χ3n) is 4.29. The van der Waals surface area contributed by atoms with Gasteiger partial charge in [0, 0.05) is 13.2 Å². The molecule has 2 heteroatoms. The highest BCUT2D eigenvalue weighted by molar-refractivity contribution is 4.78. The summed E-state index contributed by atoms with van der Waals surface area (Å²) in [6.45, 7) is 12.6. The first-order chi connectivity index (χ1) is 9.06. The van der Waals surface area contributed by atoms with E-state index in [0.717, 1.165) is 19.1 Å². The van der Waals surface area contributed by atoms with Crippen molar-refractivity contribution in [3.8, 4) is 0 Å². The van der Waals surface area contributed by atoms with Crippen LogP contribution in [0.3, 0.4) is 0 Å². The minimum atomic E-state index is 0.474. The van der Waals surface area contributed by atoms with Crippen LogP contribution >= 0.6 is 0 Å². The van der Waals surface area contributed by atoms with E-state index in [1.807, 2.05) is 0 Å². The maximum atomic E-state index is 5.72. The molecule has 1 fully saturated rings. The molecule has 0 saturated carbocycles. The second-order valence-corrected chi connectivity index (χ2v) is 7.11. The summed E-state index contributed by atoms with van der Waals surface area (Å²) in [4.78, 5) is 0. The fourth-order valence-electron chi connectivity index (χ4n) is 3.20. The highest BCUT2D eigenvalue weighted by atomic mass is 16.5. The van der Waals surface area contributed by atoms with E-state index in [4.69, 9.17) is 4.74 Å². The summed E-state index contributed by atoms with van der Waals surface area (Å²) in [5.41, 5.74) is 0.474. The summed E-state index contributed by atoms with van der Waals surface area (Å²) in [5, 5.41) is 3.66. The van der Waals surface area contributed by atoms with E-state index in [-0.39, 0.29) is 0 Å². The van der Waals surface area contributed by atoms with Crippen LogP contribution in [0.2, 0.25) is 0 Å². The minimum Gasteiger partial charge on any atom is -0.378 e. The molecule has 2 unspecified atom stereocenters. The molecule has 0 aromatic rings. The average Bonchev–Trinajstić information content (AvgIpc) is 2.81. The summed E-state index contributed by atoms with van der Waals surface area (Å²) in [7, 11) is 0. The Labute approximate surface area is 120 Å². The Morgan fingerprint density at radius 2 is 2.11 bits per heavy atom. The maximum absolute atomic E-state index is 5.72. The van der Waals surface area contributed by atoms with Gasteiger partial charge >= 0.3 is 0 Å². The summed E-state index contributed by atoms with van der Waals surface area (Å²) in [6.07, 6.45) is 9.68. The van der Waals surface area contributed by atoms with Gasteiger partial charge in [0.15, 0.2) is 0 Å². The monoisotopic (exact) mass is 269 g/mol. The molecule has 0 spiro atoms. The molecule has 0 amide bonds. The molecule has 1 aliphatic rings.